The van der Waals surface area contributed by atoms with Crippen LogP contribution in [0.2, 0.25) is 0 Å². The maximum atomic E-state index is 12.2. The van der Waals surface area contributed by atoms with Crippen LogP contribution in [0.5, 0.6) is 5.75 Å². The Bertz CT molecular complexity index is 941. The van der Waals surface area contributed by atoms with E-state index in [4.69, 9.17) is 9.47 Å². The van der Waals surface area contributed by atoms with Crippen LogP contribution in [0.15, 0.2) is 47.4 Å². The minimum Gasteiger partial charge on any atom is -0.483 e. The Kier molecular flexibility index (Phi) is 8.83. The third kappa shape index (κ3) is 7.12. The third-order valence-electron chi connectivity index (χ3n) is 4.47. The molecule has 2 rings (SSSR count). The number of methoxy groups -OCH3 is 1. The lowest BCUT2D eigenvalue weighted by Crippen LogP contribution is -2.29. The van der Waals surface area contributed by atoms with Crippen LogP contribution in [0, 0.1) is 6.92 Å². The Morgan fingerprint density at radius 3 is 2.43 bits per heavy atom. The van der Waals surface area contributed by atoms with Crippen molar-refractivity contribution in [3.05, 3.63) is 59.2 Å². The SMILES string of the molecule is COCCNS(=O)(=O)c1ccc(CNC(=O)COc2cc(C)ccc2C(C)C)cc1. The van der Waals surface area contributed by atoms with Gasteiger partial charge < -0.3 is 14.8 Å². The zero-order chi connectivity index (χ0) is 22.1. The van der Waals surface area contributed by atoms with Crippen LogP contribution >= 0.6 is 0 Å². The molecule has 2 N–H and O–H groups in total. The molecule has 2 aromatic rings. The number of hydrogen-bond acceptors (Lipinski definition) is 5. The van der Waals surface area contributed by atoms with Crippen LogP contribution in [-0.2, 0) is 26.1 Å². The fourth-order valence-corrected chi connectivity index (χ4v) is 3.80. The van der Waals surface area contributed by atoms with Crippen LogP contribution in [0.3, 0.4) is 0 Å². The van der Waals surface area contributed by atoms with Gasteiger partial charge in [0.05, 0.1) is 11.5 Å². The lowest BCUT2D eigenvalue weighted by Gasteiger charge is -2.15. The average molecular weight is 435 g/mol. The third-order valence-corrected chi connectivity index (χ3v) is 5.95. The van der Waals surface area contributed by atoms with Crippen LogP contribution in [0.25, 0.3) is 0 Å². The van der Waals surface area contributed by atoms with Crippen LogP contribution < -0.4 is 14.8 Å². The lowest BCUT2D eigenvalue weighted by molar-refractivity contribution is -0.123. The largest absolute Gasteiger partial charge is 0.483 e. The van der Waals surface area contributed by atoms with Crippen molar-refractivity contribution >= 4 is 15.9 Å². The van der Waals surface area contributed by atoms with E-state index in [1.807, 2.05) is 25.1 Å². The summed E-state index contributed by atoms with van der Waals surface area (Å²) in [5.41, 5.74) is 2.92. The predicted octanol–water partition coefficient (Wildman–Crippen LogP) is 2.74. The molecule has 7 nitrogen and oxygen atoms in total. The summed E-state index contributed by atoms with van der Waals surface area (Å²) in [7, 11) is -2.07. The molecule has 0 aliphatic carbocycles. The van der Waals surface area contributed by atoms with Gasteiger partial charge in [-0.25, -0.2) is 13.1 Å². The van der Waals surface area contributed by atoms with Crippen molar-refractivity contribution in [3.63, 3.8) is 0 Å². The standard InChI is InChI=1S/C22H30N2O5S/c1-16(2)20-10-5-17(3)13-21(20)29-15-22(25)23-14-18-6-8-19(9-7-18)30(26,27)24-11-12-28-4/h5-10,13,16,24H,11-12,14-15H2,1-4H3,(H,23,25). The molecule has 2 aromatic carbocycles. The van der Waals surface area contributed by atoms with E-state index in [0.717, 1.165) is 22.4 Å². The van der Waals surface area contributed by atoms with Gasteiger partial charge in [-0.05, 0) is 47.7 Å². The number of carbonyl (C=O) groups is 1. The first-order valence-electron chi connectivity index (χ1n) is 9.80. The summed E-state index contributed by atoms with van der Waals surface area (Å²) in [5.74, 6) is 0.766. The van der Waals surface area contributed by atoms with Gasteiger partial charge in [0.1, 0.15) is 5.75 Å². The molecule has 0 aliphatic rings. The predicted molar refractivity (Wildman–Crippen MR) is 116 cm³/mol. The van der Waals surface area contributed by atoms with E-state index in [1.54, 1.807) is 12.1 Å². The van der Waals surface area contributed by atoms with E-state index in [2.05, 4.69) is 23.9 Å². The fraction of sp³-hybridized carbons (Fsp3) is 0.409. The number of nitrogens with one attached hydrogen (secondary N) is 2. The normalized spacial score (nSPS) is 11.5. The molecule has 0 heterocycles. The van der Waals surface area contributed by atoms with Gasteiger partial charge in [0.15, 0.2) is 6.61 Å². The molecule has 0 spiro atoms. The molecule has 0 aromatic heterocycles. The van der Waals surface area contributed by atoms with Crippen molar-refractivity contribution in [3.8, 4) is 5.75 Å². The van der Waals surface area contributed by atoms with Crippen molar-refractivity contribution in [2.24, 2.45) is 0 Å². The monoisotopic (exact) mass is 434 g/mol. The van der Waals surface area contributed by atoms with Gasteiger partial charge in [-0.3, -0.25) is 4.79 Å². The minimum atomic E-state index is -3.57. The van der Waals surface area contributed by atoms with Gasteiger partial charge in [0.25, 0.3) is 5.91 Å². The second kappa shape index (κ2) is 11.1. The second-order valence-corrected chi connectivity index (χ2v) is 9.06. The van der Waals surface area contributed by atoms with Gasteiger partial charge in [-0.15, -0.1) is 0 Å². The zero-order valence-corrected chi connectivity index (χ0v) is 18.7. The van der Waals surface area contributed by atoms with Crippen molar-refractivity contribution in [2.75, 3.05) is 26.9 Å². The topological polar surface area (TPSA) is 93.7 Å². The Hall–Kier alpha value is -2.42. The van der Waals surface area contributed by atoms with Crippen molar-refractivity contribution in [2.45, 2.75) is 38.1 Å². The first kappa shape index (κ1) is 23.9. The average Bonchev–Trinajstić information content (AvgIpc) is 2.71. The van der Waals surface area contributed by atoms with Crippen LogP contribution in [0.1, 0.15) is 36.5 Å². The lowest BCUT2D eigenvalue weighted by atomic mass is 10.0. The molecule has 0 saturated heterocycles. The van der Waals surface area contributed by atoms with Gasteiger partial charge >= 0.3 is 0 Å². The van der Waals surface area contributed by atoms with E-state index < -0.39 is 10.0 Å². The Balaban J connectivity index is 1.88. The molecule has 164 valence electrons. The van der Waals surface area contributed by atoms with Crippen molar-refractivity contribution in [1.29, 1.82) is 0 Å². The summed E-state index contributed by atoms with van der Waals surface area (Å²) in [6.07, 6.45) is 0. The van der Waals surface area contributed by atoms with E-state index in [-0.39, 0.29) is 30.5 Å². The Morgan fingerprint density at radius 1 is 1.10 bits per heavy atom. The van der Waals surface area contributed by atoms with E-state index >= 15 is 0 Å². The Morgan fingerprint density at radius 2 is 1.80 bits per heavy atom. The summed E-state index contributed by atoms with van der Waals surface area (Å²) in [5, 5.41) is 2.79. The smallest absolute Gasteiger partial charge is 0.258 e. The summed E-state index contributed by atoms with van der Waals surface area (Å²) in [6, 6.07) is 12.3. The summed E-state index contributed by atoms with van der Waals surface area (Å²) < 4.78 is 37.3. The first-order valence-corrected chi connectivity index (χ1v) is 11.3. The number of amides is 1. The maximum Gasteiger partial charge on any atom is 0.258 e. The molecule has 30 heavy (non-hydrogen) atoms. The quantitative estimate of drug-likeness (QED) is 0.531. The molecule has 8 heteroatoms. The van der Waals surface area contributed by atoms with Crippen LogP contribution in [0.4, 0.5) is 0 Å². The van der Waals surface area contributed by atoms with Crippen molar-refractivity contribution in [1.82, 2.24) is 10.0 Å². The number of sulfonamides is 1. The number of benzene rings is 2. The highest BCUT2D eigenvalue weighted by molar-refractivity contribution is 7.89. The summed E-state index contributed by atoms with van der Waals surface area (Å²) in [4.78, 5) is 12.3. The van der Waals surface area contributed by atoms with Gasteiger partial charge in [0, 0.05) is 20.2 Å². The zero-order valence-electron chi connectivity index (χ0n) is 17.9. The molecule has 0 aliphatic heterocycles. The van der Waals surface area contributed by atoms with E-state index in [1.165, 1.54) is 19.2 Å². The van der Waals surface area contributed by atoms with Crippen LogP contribution in [-0.4, -0.2) is 41.2 Å². The molecule has 0 atom stereocenters. The summed E-state index contributed by atoms with van der Waals surface area (Å²) in [6.45, 7) is 6.84. The number of carbonyl (C=O) groups excluding carboxylic acids is 1. The molecule has 0 bridgehead atoms. The van der Waals surface area contributed by atoms with Gasteiger partial charge in [0.2, 0.25) is 10.0 Å². The number of aryl methyl sites for hydroxylation is 1. The maximum absolute atomic E-state index is 12.2. The molecular formula is C22H30N2O5S. The van der Waals surface area contributed by atoms with Gasteiger partial charge in [-0.1, -0.05) is 38.1 Å². The summed E-state index contributed by atoms with van der Waals surface area (Å²) >= 11 is 0. The van der Waals surface area contributed by atoms with Crippen molar-refractivity contribution < 1.29 is 22.7 Å². The molecule has 0 fully saturated rings. The molecule has 0 unspecified atom stereocenters. The Labute approximate surface area is 178 Å². The fourth-order valence-electron chi connectivity index (χ4n) is 2.79. The number of rotatable bonds is 11. The minimum absolute atomic E-state index is 0.0843. The van der Waals surface area contributed by atoms with Gasteiger partial charge in [-0.2, -0.15) is 0 Å². The first-order chi connectivity index (χ1) is 14.2. The molecule has 1 amide bonds. The number of ether oxygens (including phenoxy) is 2. The van der Waals surface area contributed by atoms with E-state index in [0.29, 0.717) is 12.5 Å². The highest BCUT2D eigenvalue weighted by atomic mass is 32.2. The number of hydrogen-bond donors (Lipinski definition) is 2. The highest BCUT2D eigenvalue weighted by Crippen LogP contribution is 2.27. The highest BCUT2D eigenvalue weighted by Gasteiger charge is 2.13. The molecule has 0 radical (unpaired) electrons. The van der Waals surface area contributed by atoms with E-state index in [9.17, 15) is 13.2 Å². The second-order valence-electron chi connectivity index (χ2n) is 7.30. The molecule has 0 saturated carbocycles. The molecular weight excluding hydrogens is 404 g/mol.